The van der Waals surface area contributed by atoms with Crippen LogP contribution in [-0.4, -0.2) is 37.2 Å². The van der Waals surface area contributed by atoms with E-state index >= 15 is 0 Å². The molecular weight excluding hydrogens is 805 g/mol. The molecule has 0 aromatic rings. The summed E-state index contributed by atoms with van der Waals surface area (Å²) >= 11 is 0. The van der Waals surface area contributed by atoms with Crippen LogP contribution in [0.5, 0.6) is 0 Å². The third-order valence-corrected chi connectivity index (χ3v) is 12.0. The van der Waals surface area contributed by atoms with E-state index in [0.29, 0.717) is 19.3 Å². The summed E-state index contributed by atoms with van der Waals surface area (Å²) in [6.07, 6.45) is 66.4. The number of hydrogen-bond donors (Lipinski definition) is 0. The smallest absolute Gasteiger partial charge is 0.306 e. The zero-order chi connectivity index (χ0) is 47.2. The highest BCUT2D eigenvalue weighted by Crippen LogP contribution is 2.16. The molecule has 0 aromatic heterocycles. The van der Waals surface area contributed by atoms with E-state index in [1.165, 1.54) is 128 Å². The largest absolute Gasteiger partial charge is 0.462 e. The number of hydrogen-bond acceptors (Lipinski definition) is 6. The van der Waals surface area contributed by atoms with Crippen molar-refractivity contribution >= 4 is 17.9 Å². The number of rotatable bonds is 50. The lowest BCUT2D eigenvalue weighted by molar-refractivity contribution is -0.167. The fourth-order valence-electron chi connectivity index (χ4n) is 7.84. The molecule has 0 N–H and O–H groups in total. The van der Waals surface area contributed by atoms with E-state index < -0.39 is 6.10 Å². The standard InChI is InChI=1S/C59H104O6/c1-4-7-10-13-16-19-22-25-27-29-30-32-34-37-40-43-46-49-52-58(61)64-55-56(54-63-57(60)51-48-45-42-39-36-33-24-21-18-15-12-9-6-3)65-59(62)53-50-47-44-41-38-35-31-28-26-23-20-17-14-11-8-5-2/h9,12,18,20-21,23,28,31,33,36,56H,4-8,10-11,13-17,19,22,24-27,29-30,32,34-35,37-55H2,1-3H3/b12-9-,21-18-,23-20-,31-28-,36-33-. The molecule has 65 heavy (non-hydrogen) atoms. The Hall–Kier alpha value is -2.89. The molecule has 376 valence electrons. The quantitative estimate of drug-likeness (QED) is 0.0262. The summed E-state index contributed by atoms with van der Waals surface area (Å²) in [6, 6.07) is 0. The summed E-state index contributed by atoms with van der Waals surface area (Å²) in [5.74, 6) is -0.922. The molecule has 0 fully saturated rings. The molecule has 0 aliphatic rings. The molecule has 6 nitrogen and oxygen atoms in total. The van der Waals surface area contributed by atoms with Gasteiger partial charge in [0.25, 0.3) is 0 Å². The van der Waals surface area contributed by atoms with Crippen molar-refractivity contribution in [2.75, 3.05) is 13.2 Å². The summed E-state index contributed by atoms with van der Waals surface area (Å²) in [4.78, 5) is 38.1. The molecule has 0 saturated carbocycles. The maximum absolute atomic E-state index is 12.8. The Morgan fingerprint density at radius 1 is 0.323 bits per heavy atom. The van der Waals surface area contributed by atoms with Gasteiger partial charge in [-0.25, -0.2) is 0 Å². The van der Waals surface area contributed by atoms with Crippen molar-refractivity contribution < 1.29 is 28.6 Å². The lowest BCUT2D eigenvalue weighted by Gasteiger charge is -2.18. The highest BCUT2D eigenvalue weighted by atomic mass is 16.6. The van der Waals surface area contributed by atoms with Gasteiger partial charge in [0.2, 0.25) is 0 Å². The van der Waals surface area contributed by atoms with Crippen molar-refractivity contribution in [3.63, 3.8) is 0 Å². The first-order chi connectivity index (χ1) is 32.0. The summed E-state index contributed by atoms with van der Waals surface area (Å²) in [7, 11) is 0. The molecule has 0 aliphatic carbocycles. The van der Waals surface area contributed by atoms with Crippen LogP contribution in [-0.2, 0) is 28.6 Å². The third kappa shape index (κ3) is 51.9. The van der Waals surface area contributed by atoms with Crippen LogP contribution in [0.15, 0.2) is 60.8 Å². The second kappa shape index (κ2) is 53.7. The van der Waals surface area contributed by atoms with Crippen LogP contribution in [0, 0.1) is 0 Å². The van der Waals surface area contributed by atoms with Gasteiger partial charge in [0.1, 0.15) is 13.2 Å². The van der Waals surface area contributed by atoms with Crippen molar-refractivity contribution in [2.24, 2.45) is 0 Å². The maximum Gasteiger partial charge on any atom is 0.306 e. The van der Waals surface area contributed by atoms with Gasteiger partial charge in [-0.3, -0.25) is 14.4 Å². The fourth-order valence-corrected chi connectivity index (χ4v) is 7.84. The minimum Gasteiger partial charge on any atom is -0.462 e. The van der Waals surface area contributed by atoms with Crippen molar-refractivity contribution in [3.8, 4) is 0 Å². The third-order valence-electron chi connectivity index (χ3n) is 12.0. The number of ether oxygens (including phenoxy) is 3. The number of carbonyl (C=O) groups is 3. The predicted octanol–water partition coefficient (Wildman–Crippen LogP) is 18.4. The average molecular weight is 909 g/mol. The second-order valence-electron chi connectivity index (χ2n) is 18.5. The van der Waals surface area contributed by atoms with Crippen LogP contribution in [0.25, 0.3) is 0 Å². The molecule has 0 heterocycles. The lowest BCUT2D eigenvalue weighted by atomic mass is 10.0. The maximum atomic E-state index is 12.8. The van der Waals surface area contributed by atoms with Crippen LogP contribution in [0.3, 0.4) is 0 Å². The van der Waals surface area contributed by atoms with E-state index in [1.807, 2.05) is 0 Å². The first-order valence-electron chi connectivity index (χ1n) is 27.8. The summed E-state index contributed by atoms with van der Waals surface area (Å²) < 4.78 is 16.8. The van der Waals surface area contributed by atoms with Crippen LogP contribution >= 0.6 is 0 Å². The van der Waals surface area contributed by atoms with Crippen LogP contribution < -0.4 is 0 Å². The Bertz CT molecular complexity index is 1180. The Morgan fingerprint density at radius 2 is 0.600 bits per heavy atom. The highest BCUT2D eigenvalue weighted by molar-refractivity contribution is 5.71. The SMILES string of the molecule is CC/C=C\C/C=C\C/C=C\CCCCCC(=O)OCC(COC(=O)CCCCCCCCCCCCCCCCCCCC)OC(=O)CCCCCCC/C=C\C/C=C\CCCCCC. The minimum absolute atomic E-state index is 0.0872. The second-order valence-corrected chi connectivity index (χ2v) is 18.5. The molecule has 0 spiro atoms. The van der Waals surface area contributed by atoms with E-state index in [1.54, 1.807) is 0 Å². The summed E-state index contributed by atoms with van der Waals surface area (Å²) in [6.45, 7) is 6.49. The van der Waals surface area contributed by atoms with Crippen molar-refractivity contribution in [3.05, 3.63) is 60.8 Å². The van der Waals surface area contributed by atoms with Gasteiger partial charge >= 0.3 is 17.9 Å². The first kappa shape index (κ1) is 62.1. The zero-order valence-corrected chi connectivity index (χ0v) is 43.0. The van der Waals surface area contributed by atoms with Crippen molar-refractivity contribution in [1.82, 2.24) is 0 Å². The van der Waals surface area contributed by atoms with Crippen molar-refractivity contribution in [1.29, 1.82) is 0 Å². The molecule has 0 amide bonds. The van der Waals surface area contributed by atoms with E-state index in [0.717, 1.165) is 109 Å². The van der Waals surface area contributed by atoms with Gasteiger partial charge in [-0.2, -0.15) is 0 Å². The molecule has 6 heteroatoms. The van der Waals surface area contributed by atoms with Gasteiger partial charge in [-0.15, -0.1) is 0 Å². The van der Waals surface area contributed by atoms with Crippen LogP contribution in [0.2, 0.25) is 0 Å². The number of carbonyl (C=O) groups excluding carboxylic acids is 3. The summed E-state index contributed by atoms with van der Waals surface area (Å²) in [5, 5.41) is 0. The topological polar surface area (TPSA) is 78.9 Å². The molecule has 1 unspecified atom stereocenters. The normalized spacial score (nSPS) is 12.5. The molecule has 0 radical (unpaired) electrons. The van der Waals surface area contributed by atoms with Crippen LogP contribution in [0.1, 0.15) is 278 Å². The monoisotopic (exact) mass is 909 g/mol. The highest BCUT2D eigenvalue weighted by Gasteiger charge is 2.19. The van der Waals surface area contributed by atoms with E-state index in [-0.39, 0.29) is 31.1 Å². The Morgan fingerprint density at radius 3 is 0.969 bits per heavy atom. The molecule has 0 rings (SSSR count). The first-order valence-corrected chi connectivity index (χ1v) is 27.8. The molecular formula is C59H104O6. The number of allylic oxidation sites excluding steroid dienone is 10. The van der Waals surface area contributed by atoms with E-state index in [4.69, 9.17) is 14.2 Å². The molecule has 0 aliphatic heterocycles. The Balaban J connectivity index is 4.39. The average Bonchev–Trinajstić information content (AvgIpc) is 3.30. The van der Waals surface area contributed by atoms with Gasteiger partial charge in [0, 0.05) is 19.3 Å². The molecule has 0 aromatic carbocycles. The van der Waals surface area contributed by atoms with Gasteiger partial charge < -0.3 is 14.2 Å². The van der Waals surface area contributed by atoms with Gasteiger partial charge in [0.15, 0.2) is 6.10 Å². The van der Waals surface area contributed by atoms with Crippen LogP contribution in [0.4, 0.5) is 0 Å². The zero-order valence-electron chi connectivity index (χ0n) is 43.0. The molecule has 0 saturated heterocycles. The lowest BCUT2D eigenvalue weighted by Crippen LogP contribution is -2.30. The number of unbranched alkanes of at least 4 members (excludes halogenated alkanes) is 29. The fraction of sp³-hybridized carbons (Fsp3) is 0.780. The van der Waals surface area contributed by atoms with Gasteiger partial charge in [0.05, 0.1) is 0 Å². The number of esters is 3. The van der Waals surface area contributed by atoms with E-state index in [9.17, 15) is 14.4 Å². The predicted molar refractivity (Wildman–Crippen MR) is 279 cm³/mol. The van der Waals surface area contributed by atoms with E-state index in [2.05, 4.69) is 81.5 Å². The van der Waals surface area contributed by atoms with Gasteiger partial charge in [-0.05, 0) is 83.5 Å². The minimum atomic E-state index is -0.791. The Labute approximate surface area is 402 Å². The Kier molecular flexibility index (Phi) is 51.3. The van der Waals surface area contributed by atoms with Crippen molar-refractivity contribution in [2.45, 2.75) is 284 Å². The summed E-state index contributed by atoms with van der Waals surface area (Å²) in [5.41, 5.74) is 0. The molecule has 0 bridgehead atoms. The molecule has 1 atom stereocenters. The van der Waals surface area contributed by atoms with Gasteiger partial charge in [-0.1, -0.05) is 236 Å².